The molecule has 3 aromatic rings. The Balaban J connectivity index is 1.49. The van der Waals surface area contributed by atoms with Gasteiger partial charge in [0, 0.05) is 24.5 Å². The standard InChI is InChI=1S/C20H20ClN5O2S/c1-14-13-29-15(12-28-19-17(21)6-4-8-22-19)11-25(14)20(27)16-5-2-3-7-18(16)26-23-9-10-24-26/h2-10,14-15H,11-13H2,1H3/t14-,15-/m1/s1. The zero-order valence-corrected chi connectivity index (χ0v) is 17.4. The first-order chi connectivity index (χ1) is 14.1. The summed E-state index contributed by atoms with van der Waals surface area (Å²) in [4.78, 5) is 20.9. The first-order valence-corrected chi connectivity index (χ1v) is 10.7. The first-order valence-electron chi connectivity index (χ1n) is 9.25. The van der Waals surface area contributed by atoms with Crippen LogP contribution in [-0.2, 0) is 0 Å². The number of carbonyl (C=O) groups is 1. The highest BCUT2D eigenvalue weighted by Gasteiger charge is 2.32. The van der Waals surface area contributed by atoms with E-state index in [-0.39, 0.29) is 17.2 Å². The molecule has 2 atom stereocenters. The molecule has 0 aliphatic carbocycles. The fraction of sp³-hybridized carbons (Fsp3) is 0.300. The Morgan fingerprint density at radius 3 is 2.79 bits per heavy atom. The van der Waals surface area contributed by atoms with Gasteiger partial charge in [0.1, 0.15) is 11.6 Å². The highest BCUT2D eigenvalue weighted by Crippen LogP contribution is 2.28. The van der Waals surface area contributed by atoms with E-state index in [1.54, 1.807) is 42.5 Å². The molecule has 1 fully saturated rings. The quantitative estimate of drug-likeness (QED) is 0.619. The van der Waals surface area contributed by atoms with Crippen LogP contribution in [0.15, 0.2) is 55.0 Å². The third-order valence-corrected chi connectivity index (χ3v) is 6.38. The maximum absolute atomic E-state index is 13.4. The normalized spacial score (nSPS) is 19.2. The average molecular weight is 430 g/mol. The highest BCUT2D eigenvalue weighted by molar-refractivity contribution is 8.00. The Bertz CT molecular complexity index is 985. The summed E-state index contributed by atoms with van der Waals surface area (Å²) in [6.45, 7) is 3.07. The minimum absolute atomic E-state index is 0.0356. The lowest BCUT2D eigenvalue weighted by Crippen LogP contribution is -2.49. The number of ether oxygens (including phenoxy) is 1. The lowest BCUT2D eigenvalue weighted by Gasteiger charge is -2.37. The van der Waals surface area contributed by atoms with Crippen molar-refractivity contribution >= 4 is 29.3 Å². The Labute approximate surface area is 178 Å². The van der Waals surface area contributed by atoms with Gasteiger partial charge in [-0.3, -0.25) is 4.79 Å². The molecule has 0 unspecified atom stereocenters. The lowest BCUT2D eigenvalue weighted by molar-refractivity contribution is 0.0692. The van der Waals surface area contributed by atoms with Gasteiger partial charge < -0.3 is 9.64 Å². The Hall–Kier alpha value is -2.58. The van der Waals surface area contributed by atoms with Crippen molar-refractivity contribution in [3.63, 3.8) is 0 Å². The molecule has 1 amide bonds. The van der Waals surface area contributed by atoms with E-state index in [2.05, 4.69) is 22.1 Å². The molecular formula is C20H20ClN5O2S. The summed E-state index contributed by atoms with van der Waals surface area (Å²) >= 11 is 7.91. The number of nitrogens with zero attached hydrogens (tertiary/aromatic N) is 5. The maximum atomic E-state index is 13.4. The summed E-state index contributed by atoms with van der Waals surface area (Å²) in [7, 11) is 0. The Morgan fingerprint density at radius 2 is 2.00 bits per heavy atom. The molecule has 4 rings (SSSR count). The number of hydrogen-bond donors (Lipinski definition) is 0. The zero-order valence-electron chi connectivity index (χ0n) is 15.8. The van der Waals surface area contributed by atoms with E-state index in [1.807, 2.05) is 29.2 Å². The summed E-state index contributed by atoms with van der Waals surface area (Å²) in [6.07, 6.45) is 4.84. The van der Waals surface area contributed by atoms with Crippen LogP contribution in [0.4, 0.5) is 0 Å². The number of carbonyl (C=O) groups excluding carboxylic acids is 1. The van der Waals surface area contributed by atoms with Gasteiger partial charge in [0.2, 0.25) is 5.88 Å². The van der Waals surface area contributed by atoms with Gasteiger partial charge in [-0.15, -0.1) is 0 Å². The smallest absolute Gasteiger partial charge is 0.256 e. The van der Waals surface area contributed by atoms with Crippen LogP contribution >= 0.6 is 23.4 Å². The third kappa shape index (κ3) is 4.38. The number of para-hydroxylation sites is 1. The number of rotatable bonds is 5. The maximum Gasteiger partial charge on any atom is 0.256 e. The molecule has 0 radical (unpaired) electrons. The molecule has 1 saturated heterocycles. The zero-order chi connectivity index (χ0) is 20.2. The summed E-state index contributed by atoms with van der Waals surface area (Å²) in [5.74, 6) is 1.21. The second kappa shape index (κ2) is 8.84. The highest BCUT2D eigenvalue weighted by atomic mass is 35.5. The van der Waals surface area contributed by atoms with Gasteiger partial charge in [0.25, 0.3) is 5.91 Å². The van der Waals surface area contributed by atoms with Crippen molar-refractivity contribution in [1.29, 1.82) is 0 Å². The van der Waals surface area contributed by atoms with Crippen LogP contribution in [0.5, 0.6) is 5.88 Å². The van der Waals surface area contributed by atoms with E-state index < -0.39 is 0 Å². The van der Waals surface area contributed by atoms with Gasteiger partial charge in [0.15, 0.2) is 0 Å². The van der Waals surface area contributed by atoms with Gasteiger partial charge in [-0.2, -0.15) is 26.8 Å². The molecule has 3 heterocycles. The Kier molecular flexibility index (Phi) is 6.01. The predicted molar refractivity (Wildman–Crippen MR) is 113 cm³/mol. The van der Waals surface area contributed by atoms with Crippen molar-refractivity contribution in [2.75, 3.05) is 18.9 Å². The number of aromatic nitrogens is 4. The third-order valence-electron chi connectivity index (χ3n) is 4.67. The minimum atomic E-state index is -0.0356. The van der Waals surface area contributed by atoms with Crippen LogP contribution in [0.3, 0.4) is 0 Å². The molecule has 9 heteroatoms. The summed E-state index contributed by atoms with van der Waals surface area (Å²) in [6, 6.07) is 11.0. The average Bonchev–Trinajstić information content (AvgIpc) is 3.28. The van der Waals surface area contributed by atoms with Crippen LogP contribution in [0, 0.1) is 0 Å². The van der Waals surface area contributed by atoms with Crippen molar-refractivity contribution in [1.82, 2.24) is 24.9 Å². The van der Waals surface area contributed by atoms with Gasteiger partial charge in [-0.1, -0.05) is 23.7 Å². The van der Waals surface area contributed by atoms with Crippen LogP contribution in [0.2, 0.25) is 5.02 Å². The van der Waals surface area contributed by atoms with E-state index in [0.717, 1.165) is 5.75 Å². The van der Waals surface area contributed by atoms with E-state index in [9.17, 15) is 4.79 Å². The second-order valence-electron chi connectivity index (χ2n) is 6.70. The van der Waals surface area contributed by atoms with Crippen molar-refractivity contribution in [2.24, 2.45) is 0 Å². The molecule has 2 aromatic heterocycles. The molecule has 0 N–H and O–H groups in total. The van der Waals surface area contributed by atoms with E-state index >= 15 is 0 Å². The number of halogens is 1. The van der Waals surface area contributed by atoms with Crippen LogP contribution in [-0.4, -0.2) is 61.0 Å². The van der Waals surface area contributed by atoms with E-state index in [1.165, 1.54) is 4.80 Å². The molecule has 1 aliphatic heterocycles. The fourth-order valence-corrected chi connectivity index (χ4v) is 4.51. The summed E-state index contributed by atoms with van der Waals surface area (Å²) in [5.41, 5.74) is 1.25. The summed E-state index contributed by atoms with van der Waals surface area (Å²) in [5, 5.41) is 8.95. The first kappa shape index (κ1) is 19.7. The van der Waals surface area contributed by atoms with Crippen molar-refractivity contribution in [2.45, 2.75) is 18.2 Å². The van der Waals surface area contributed by atoms with Gasteiger partial charge in [-0.05, 0) is 31.2 Å². The SMILES string of the molecule is C[C@@H]1CS[C@@H](COc2ncccc2Cl)CN1C(=O)c1ccccc1-n1nccn1. The monoisotopic (exact) mass is 429 g/mol. The minimum Gasteiger partial charge on any atom is -0.475 e. The molecule has 29 heavy (non-hydrogen) atoms. The fourth-order valence-electron chi connectivity index (χ4n) is 3.17. The van der Waals surface area contributed by atoms with Crippen LogP contribution < -0.4 is 4.74 Å². The predicted octanol–water partition coefficient (Wildman–Crippen LogP) is 3.34. The van der Waals surface area contributed by atoms with Crippen molar-refractivity contribution < 1.29 is 9.53 Å². The van der Waals surface area contributed by atoms with Gasteiger partial charge in [0.05, 0.1) is 28.9 Å². The lowest BCUT2D eigenvalue weighted by atomic mass is 10.1. The molecule has 0 spiro atoms. The van der Waals surface area contributed by atoms with E-state index in [4.69, 9.17) is 16.3 Å². The summed E-state index contributed by atoms with van der Waals surface area (Å²) < 4.78 is 5.80. The molecule has 150 valence electrons. The van der Waals surface area contributed by atoms with Crippen LogP contribution in [0.1, 0.15) is 17.3 Å². The van der Waals surface area contributed by atoms with Gasteiger partial charge >= 0.3 is 0 Å². The number of thioether (sulfide) groups is 1. The number of pyridine rings is 1. The Morgan fingerprint density at radius 1 is 1.21 bits per heavy atom. The second-order valence-corrected chi connectivity index (χ2v) is 8.44. The van der Waals surface area contributed by atoms with E-state index in [0.29, 0.717) is 35.3 Å². The van der Waals surface area contributed by atoms with Crippen molar-refractivity contribution in [3.8, 4) is 11.6 Å². The number of benzene rings is 1. The molecule has 0 saturated carbocycles. The molecule has 1 aliphatic rings. The molecule has 7 nitrogen and oxygen atoms in total. The number of amides is 1. The number of hydrogen-bond acceptors (Lipinski definition) is 6. The molecular weight excluding hydrogens is 410 g/mol. The van der Waals surface area contributed by atoms with Crippen molar-refractivity contribution in [3.05, 3.63) is 65.6 Å². The molecule has 0 bridgehead atoms. The van der Waals surface area contributed by atoms with Gasteiger partial charge in [-0.25, -0.2) is 4.98 Å². The molecule has 1 aromatic carbocycles. The topological polar surface area (TPSA) is 73.1 Å². The van der Waals surface area contributed by atoms with Crippen LogP contribution in [0.25, 0.3) is 5.69 Å². The largest absolute Gasteiger partial charge is 0.475 e.